The van der Waals surface area contributed by atoms with Gasteiger partial charge in [-0.05, 0) is 31.5 Å². The van der Waals surface area contributed by atoms with E-state index in [2.05, 4.69) is 17.0 Å². The highest BCUT2D eigenvalue weighted by Crippen LogP contribution is 2.31. The van der Waals surface area contributed by atoms with Crippen LogP contribution in [0.4, 0.5) is 4.39 Å². The van der Waals surface area contributed by atoms with E-state index in [4.69, 9.17) is 11.6 Å². The molecule has 2 heterocycles. The highest BCUT2D eigenvalue weighted by molar-refractivity contribution is 6.33. The Morgan fingerprint density at radius 3 is 2.87 bits per heavy atom. The van der Waals surface area contributed by atoms with Crippen LogP contribution >= 0.6 is 11.6 Å². The first-order valence-electron chi connectivity index (χ1n) is 7.43. The maximum Gasteiger partial charge on any atom is 0.279 e. The molecule has 0 unspecified atom stereocenters. The average molecular weight is 335 g/mol. The second-order valence-corrected chi connectivity index (χ2v) is 5.79. The van der Waals surface area contributed by atoms with Crippen LogP contribution in [0.1, 0.15) is 25.3 Å². The molecule has 1 aromatic carbocycles. The summed E-state index contributed by atoms with van der Waals surface area (Å²) < 4.78 is 16.9. The maximum absolute atomic E-state index is 13.7. The van der Waals surface area contributed by atoms with E-state index in [0.717, 1.165) is 12.8 Å². The average Bonchev–Trinajstić information content (AvgIpc) is 3.02. The first kappa shape index (κ1) is 15.7. The number of rotatable bonds is 4. The van der Waals surface area contributed by atoms with Crippen LogP contribution in [-0.4, -0.2) is 19.2 Å². The number of aryl methyl sites for hydroxylation is 1. The van der Waals surface area contributed by atoms with Crippen molar-refractivity contribution < 1.29 is 4.39 Å². The summed E-state index contributed by atoms with van der Waals surface area (Å²) in [6, 6.07) is 4.14. The van der Waals surface area contributed by atoms with Crippen LogP contribution in [0.3, 0.4) is 0 Å². The normalized spacial score (nSPS) is 11.3. The molecule has 0 saturated carbocycles. The molecule has 3 aromatic rings. The van der Waals surface area contributed by atoms with Crippen LogP contribution in [0.15, 0.2) is 29.3 Å². The summed E-state index contributed by atoms with van der Waals surface area (Å²) in [6.45, 7) is 4.41. The van der Waals surface area contributed by atoms with Crippen LogP contribution in [0, 0.1) is 12.7 Å². The van der Waals surface area contributed by atoms with E-state index in [0.29, 0.717) is 34.2 Å². The van der Waals surface area contributed by atoms with Crippen molar-refractivity contribution in [2.75, 3.05) is 0 Å². The first-order valence-corrected chi connectivity index (χ1v) is 7.81. The summed E-state index contributed by atoms with van der Waals surface area (Å²) in [5.74, 6) is 0.0315. The van der Waals surface area contributed by atoms with Crippen molar-refractivity contribution in [2.24, 2.45) is 0 Å². The fourth-order valence-corrected chi connectivity index (χ4v) is 2.89. The van der Waals surface area contributed by atoms with Gasteiger partial charge in [-0.3, -0.25) is 4.79 Å². The molecule has 7 heteroatoms. The Bertz CT molecular complexity index is 932. The van der Waals surface area contributed by atoms with Crippen molar-refractivity contribution in [3.05, 3.63) is 51.3 Å². The third-order valence-electron chi connectivity index (χ3n) is 3.83. The summed E-state index contributed by atoms with van der Waals surface area (Å²) in [5.41, 5.74) is 1.27. The van der Waals surface area contributed by atoms with E-state index >= 15 is 0 Å². The smallest absolute Gasteiger partial charge is 0.279 e. The molecule has 0 N–H and O–H groups in total. The molecule has 5 nitrogen and oxygen atoms in total. The number of halogens is 2. The summed E-state index contributed by atoms with van der Waals surface area (Å²) in [4.78, 5) is 16.7. The second kappa shape index (κ2) is 6.12. The summed E-state index contributed by atoms with van der Waals surface area (Å²) in [7, 11) is 0. The summed E-state index contributed by atoms with van der Waals surface area (Å²) in [5, 5.41) is 4.38. The monoisotopic (exact) mass is 334 g/mol. The number of nitrogens with zero attached hydrogens (tertiary/aromatic N) is 4. The molecule has 0 spiro atoms. The molecule has 0 atom stereocenters. The summed E-state index contributed by atoms with van der Waals surface area (Å²) >= 11 is 6.26. The van der Waals surface area contributed by atoms with Gasteiger partial charge in [0.1, 0.15) is 12.1 Å². The molecule has 0 amide bonds. The first-order chi connectivity index (χ1) is 11.0. The minimum atomic E-state index is -0.403. The van der Waals surface area contributed by atoms with E-state index in [1.54, 1.807) is 6.92 Å². The van der Waals surface area contributed by atoms with Crippen molar-refractivity contribution in [2.45, 2.75) is 33.2 Å². The Morgan fingerprint density at radius 1 is 1.35 bits per heavy atom. The molecule has 120 valence electrons. The fourth-order valence-electron chi connectivity index (χ4n) is 2.68. The molecular formula is C16H16ClFN4O. The van der Waals surface area contributed by atoms with Gasteiger partial charge in [-0.15, -0.1) is 0 Å². The number of hydrogen-bond donors (Lipinski definition) is 0. The molecule has 2 aromatic heterocycles. The molecule has 0 bridgehead atoms. The Labute approximate surface area is 137 Å². The lowest BCUT2D eigenvalue weighted by Crippen LogP contribution is -2.24. The number of fused-ring (bicyclic) bond motifs is 1. The maximum atomic E-state index is 13.7. The number of benzene rings is 1. The van der Waals surface area contributed by atoms with Crippen molar-refractivity contribution in [1.82, 2.24) is 19.2 Å². The molecule has 3 rings (SSSR count). The standard InChI is InChI=1S/C16H16ClFN4O/c1-3-4-7-21-14(12-8-11(18)5-6-13(12)17)10(2)15(23)22-16(21)19-9-20-22/h5-6,8-9H,3-4,7H2,1-2H3. The highest BCUT2D eigenvalue weighted by atomic mass is 35.5. The van der Waals surface area contributed by atoms with Gasteiger partial charge in [0, 0.05) is 17.7 Å². The zero-order valence-corrected chi connectivity index (χ0v) is 13.6. The Kier molecular flexibility index (Phi) is 4.17. The van der Waals surface area contributed by atoms with Gasteiger partial charge in [-0.2, -0.15) is 14.6 Å². The SMILES string of the molecule is CCCCn1c(-c2cc(F)ccc2Cl)c(C)c(=O)n2ncnc12. The molecular weight excluding hydrogens is 319 g/mol. The molecule has 0 aliphatic rings. The zero-order chi connectivity index (χ0) is 16.6. The van der Waals surface area contributed by atoms with Crippen LogP contribution < -0.4 is 5.56 Å². The van der Waals surface area contributed by atoms with Gasteiger partial charge in [0.15, 0.2) is 0 Å². The third-order valence-corrected chi connectivity index (χ3v) is 4.16. The van der Waals surface area contributed by atoms with E-state index in [9.17, 15) is 9.18 Å². The van der Waals surface area contributed by atoms with E-state index < -0.39 is 5.82 Å². The van der Waals surface area contributed by atoms with Gasteiger partial charge in [0.2, 0.25) is 5.78 Å². The van der Waals surface area contributed by atoms with Crippen molar-refractivity contribution in [3.63, 3.8) is 0 Å². The minimum Gasteiger partial charge on any atom is -0.309 e. The lowest BCUT2D eigenvalue weighted by molar-refractivity contribution is 0.621. The molecule has 0 aliphatic carbocycles. The van der Waals surface area contributed by atoms with E-state index in [1.807, 2.05) is 4.57 Å². The van der Waals surface area contributed by atoms with E-state index in [-0.39, 0.29) is 5.56 Å². The molecule has 23 heavy (non-hydrogen) atoms. The molecule has 0 fully saturated rings. The predicted octanol–water partition coefficient (Wildman–Crippen LogP) is 3.46. The quantitative estimate of drug-likeness (QED) is 0.734. The summed E-state index contributed by atoms with van der Waals surface area (Å²) in [6.07, 6.45) is 3.21. The molecule has 0 aliphatic heterocycles. The van der Waals surface area contributed by atoms with Crippen molar-refractivity contribution in [1.29, 1.82) is 0 Å². The molecule has 0 saturated heterocycles. The predicted molar refractivity (Wildman–Crippen MR) is 87.3 cm³/mol. The van der Waals surface area contributed by atoms with Crippen molar-refractivity contribution in [3.8, 4) is 11.3 Å². The van der Waals surface area contributed by atoms with Crippen LogP contribution in [-0.2, 0) is 6.54 Å². The number of aromatic nitrogens is 4. The molecule has 0 radical (unpaired) electrons. The van der Waals surface area contributed by atoms with Gasteiger partial charge in [-0.25, -0.2) is 4.39 Å². The minimum absolute atomic E-state index is 0.277. The second-order valence-electron chi connectivity index (χ2n) is 5.38. The zero-order valence-electron chi connectivity index (χ0n) is 12.9. The van der Waals surface area contributed by atoms with Gasteiger partial charge < -0.3 is 4.57 Å². The number of unbranched alkanes of at least 4 members (excludes halogenated alkanes) is 1. The largest absolute Gasteiger partial charge is 0.309 e. The van der Waals surface area contributed by atoms with E-state index in [1.165, 1.54) is 29.0 Å². The lowest BCUT2D eigenvalue weighted by atomic mass is 10.1. The lowest BCUT2D eigenvalue weighted by Gasteiger charge is -2.17. The van der Waals surface area contributed by atoms with Gasteiger partial charge in [0.05, 0.1) is 10.7 Å². The Balaban J connectivity index is 2.40. The van der Waals surface area contributed by atoms with Gasteiger partial charge in [-0.1, -0.05) is 24.9 Å². The Hall–Kier alpha value is -2.21. The highest BCUT2D eigenvalue weighted by Gasteiger charge is 2.19. The van der Waals surface area contributed by atoms with Gasteiger partial charge in [0.25, 0.3) is 5.56 Å². The topological polar surface area (TPSA) is 52.2 Å². The van der Waals surface area contributed by atoms with Crippen LogP contribution in [0.25, 0.3) is 17.0 Å². The fraction of sp³-hybridized carbons (Fsp3) is 0.312. The Morgan fingerprint density at radius 2 is 2.13 bits per heavy atom. The van der Waals surface area contributed by atoms with Crippen molar-refractivity contribution >= 4 is 17.4 Å². The van der Waals surface area contributed by atoms with Crippen LogP contribution in [0.5, 0.6) is 0 Å². The van der Waals surface area contributed by atoms with Gasteiger partial charge >= 0.3 is 0 Å². The van der Waals surface area contributed by atoms with Crippen LogP contribution in [0.2, 0.25) is 5.02 Å². The number of hydrogen-bond acceptors (Lipinski definition) is 3. The third kappa shape index (κ3) is 2.63.